The van der Waals surface area contributed by atoms with Crippen LogP contribution >= 0.6 is 0 Å². The van der Waals surface area contributed by atoms with Gasteiger partial charge in [-0.2, -0.15) is 0 Å². The number of carbonyl (C=O) groups is 1. The molecule has 2 amide bonds. The molecule has 0 aliphatic heterocycles. The molecule has 0 saturated carbocycles. The molecule has 128 valence electrons. The molecule has 1 aromatic carbocycles. The number of urea groups is 1. The zero-order valence-corrected chi connectivity index (χ0v) is 14.3. The summed E-state index contributed by atoms with van der Waals surface area (Å²) < 4.78 is 11.0. The number of nitrogens with zero attached hydrogens (tertiary/aromatic N) is 1. The molecule has 2 rings (SSSR count). The van der Waals surface area contributed by atoms with Gasteiger partial charge in [0.2, 0.25) is 5.88 Å². The minimum absolute atomic E-state index is 0.237. The minimum atomic E-state index is -0.237. The average Bonchev–Trinajstić information content (AvgIpc) is 2.58. The fourth-order valence-electron chi connectivity index (χ4n) is 2.04. The van der Waals surface area contributed by atoms with Crippen molar-refractivity contribution in [2.45, 2.75) is 26.7 Å². The van der Waals surface area contributed by atoms with Crippen LogP contribution in [0.1, 0.15) is 25.3 Å². The fraction of sp³-hybridized carbons (Fsp3) is 0.333. The molecule has 1 aromatic heterocycles. The van der Waals surface area contributed by atoms with Crippen LogP contribution in [0.25, 0.3) is 0 Å². The zero-order chi connectivity index (χ0) is 17.4. The van der Waals surface area contributed by atoms with E-state index in [2.05, 4.69) is 22.5 Å². The Morgan fingerprint density at radius 1 is 1.21 bits per heavy atom. The molecule has 0 bridgehead atoms. The van der Waals surface area contributed by atoms with Gasteiger partial charge in [0.1, 0.15) is 0 Å². The summed E-state index contributed by atoms with van der Waals surface area (Å²) in [5, 5.41) is 5.51. The zero-order valence-electron chi connectivity index (χ0n) is 14.3. The van der Waals surface area contributed by atoms with Crippen molar-refractivity contribution < 1.29 is 14.3 Å². The summed E-state index contributed by atoms with van der Waals surface area (Å²) in [5.74, 6) is 1.66. The Balaban J connectivity index is 1.96. The number of aryl methyl sites for hydroxylation is 1. The van der Waals surface area contributed by atoms with E-state index in [0.717, 1.165) is 18.4 Å². The predicted octanol–water partition coefficient (Wildman–Crippen LogP) is 4.11. The highest BCUT2D eigenvalue weighted by Crippen LogP contribution is 2.31. The van der Waals surface area contributed by atoms with E-state index in [1.54, 1.807) is 25.4 Å². The molecule has 0 atom stereocenters. The SMILES string of the molecule is CCCCNC(=O)Nc1ccc(Oc2ccc(C)cc2OC)nc1. The second-order valence-electron chi connectivity index (χ2n) is 5.38. The van der Waals surface area contributed by atoms with E-state index in [0.29, 0.717) is 29.6 Å². The first-order valence-corrected chi connectivity index (χ1v) is 7.95. The van der Waals surface area contributed by atoms with Gasteiger partial charge in [0.15, 0.2) is 11.5 Å². The molecule has 0 radical (unpaired) electrons. The van der Waals surface area contributed by atoms with Crippen LogP contribution in [-0.2, 0) is 0 Å². The third kappa shape index (κ3) is 5.15. The van der Waals surface area contributed by atoms with Crippen LogP contribution < -0.4 is 20.1 Å². The third-order valence-corrected chi connectivity index (χ3v) is 3.34. The van der Waals surface area contributed by atoms with Crippen LogP contribution in [0.2, 0.25) is 0 Å². The Morgan fingerprint density at radius 2 is 2.04 bits per heavy atom. The van der Waals surface area contributed by atoms with Crippen LogP contribution in [0.15, 0.2) is 36.5 Å². The number of rotatable bonds is 7. The molecule has 24 heavy (non-hydrogen) atoms. The Hall–Kier alpha value is -2.76. The summed E-state index contributed by atoms with van der Waals surface area (Å²) in [5.41, 5.74) is 1.69. The Labute approximate surface area is 142 Å². The highest BCUT2D eigenvalue weighted by molar-refractivity contribution is 5.88. The van der Waals surface area contributed by atoms with Crippen molar-refractivity contribution in [3.8, 4) is 17.4 Å². The quantitative estimate of drug-likeness (QED) is 0.750. The summed E-state index contributed by atoms with van der Waals surface area (Å²) in [6.45, 7) is 4.71. The van der Waals surface area contributed by atoms with E-state index in [1.165, 1.54) is 0 Å². The van der Waals surface area contributed by atoms with Crippen LogP contribution in [0.4, 0.5) is 10.5 Å². The largest absolute Gasteiger partial charge is 0.493 e. The number of amides is 2. The summed E-state index contributed by atoms with van der Waals surface area (Å²) in [6, 6.07) is 8.87. The lowest BCUT2D eigenvalue weighted by Gasteiger charge is -2.11. The van der Waals surface area contributed by atoms with Crippen LogP contribution in [-0.4, -0.2) is 24.7 Å². The van der Waals surface area contributed by atoms with Gasteiger partial charge in [0.05, 0.1) is 19.0 Å². The molecule has 6 nitrogen and oxygen atoms in total. The van der Waals surface area contributed by atoms with Gasteiger partial charge in [-0.15, -0.1) is 0 Å². The maximum Gasteiger partial charge on any atom is 0.319 e. The standard InChI is InChI=1S/C18H23N3O3/c1-4-5-10-19-18(22)21-14-7-9-17(20-12-14)24-15-8-6-13(2)11-16(15)23-3/h6-9,11-12H,4-5,10H2,1-3H3,(H2,19,21,22). The molecule has 1 heterocycles. The van der Waals surface area contributed by atoms with Gasteiger partial charge in [0, 0.05) is 12.6 Å². The van der Waals surface area contributed by atoms with E-state index >= 15 is 0 Å². The first-order valence-electron chi connectivity index (χ1n) is 7.95. The van der Waals surface area contributed by atoms with Gasteiger partial charge in [-0.25, -0.2) is 9.78 Å². The number of methoxy groups -OCH3 is 1. The number of hydrogen-bond donors (Lipinski definition) is 2. The fourth-order valence-corrected chi connectivity index (χ4v) is 2.04. The van der Waals surface area contributed by atoms with Crippen LogP contribution in [0, 0.1) is 6.92 Å². The minimum Gasteiger partial charge on any atom is -0.493 e. The molecule has 0 fully saturated rings. The smallest absolute Gasteiger partial charge is 0.319 e. The van der Waals surface area contributed by atoms with Crippen LogP contribution in [0.5, 0.6) is 17.4 Å². The second-order valence-corrected chi connectivity index (χ2v) is 5.38. The lowest BCUT2D eigenvalue weighted by Crippen LogP contribution is -2.29. The van der Waals surface area contributed by atoms with Gasteiger partial charge >= 0.3 is 6.03 Å². The van der Waals surface area contributed by atoms with E-state index in [1.807, 2.05) is 25.1 Å². The maximum atomic E-state index is 11.7. The monoisotopic (exact) mass is 329 g/mol. The number of carbonyl (C=O) groups excluding carboxylic acids is 1. The lowest BCUT2D eigenvalue weighted by molar-refractivity contribution is 0.252. The molecule has 6 heteroatoms. The van der Waals surface area contributed by atoms with E-state index < -0.39 is 0 Å². The maximum absolute atomic E-state index is 11.7. The van der Waals surface area contributed by atoms with Crippen molar-refractivity contribution in [2.75, 3.05) is 19.0 Å². The van der Waals surface area contributed by atoms with Crippen molar-refractivity contribution in [1.29, 1.82) is 0 Å². The van der Waals surface area contributed by atoms with Crippen LogP contribution in [0.3, 0.4) is 0 Å². The molecule has 0 spiro atoms. The molecule has 0 unspecified atom stereocenters. The van der Waals surface area contributed by atoms with E-state index in [4.69, 9.17) is 9.47 Å². The number of benzene rings is 1. The van der Waals surface area contributed by atoms with Crippen molar-refractivity contribution in [3.05, 3.63) is 42.1 Å². The van der Waals surface area contributed by atoms with Crippen molar-refractivity contribution in [1.82, 2.24) is 10.3 Å². The van der Waals surface area contributed by atoms with Gasteiger partial charge in [-0.1, -0.05) is 19.4 Å². The van der Waals surface area contributed by atoms with Crippen molar-refractivity contribution >= 4 is 11.7 Å². The molecule has 2 N–H and O–H groups in total. The van der Waals surface area contributed by atoms with Gasteiger partial charge in [0.25, 0.3) is 0 Å². The molecule has 0 aliphatic carbocycles. The summed E-state index contributed by atoms with van der Waals surface area (Å²) in [6.07, 6.45) is 3.54. The first kappa shape index (κ1) is 17.6. The molecular weight excluding hydrogens is 306 g/mol. The predicted molar refractivity (Wildman–Crippen MR) is 94.0 cm³/mol. The highest BCUT2D eigenvalue weighted by atomic mass is 16.5. The average molecular weight is 329 g/mol. The summed E-state index contributed by atoms with van der Waals surface area (Å²) in [7, 11) is 1.60. The number of anilines is 1. The lowest BCUT2D eigenvalue weighted by atomic mass is 10.2. The Kier molecular flexibility index (Phi) is 6.42. The van der Waals surface area contributed by atoms with Gasteiger partial charge in [-0.05, 0) is 37.1 Å². The molecule has 0 aliphatic rings. The normalized spacial score (nSPS) is 10.1. The number of ether oxygens (including phenoxy) is 2. The number of aromatic nitrogens is 1. The summed E-state index contributed by atoms with van der Waals surface area (Å²) >= 11 is 0. The topological polar surface area (TPSA) is 72.5 Å². The van der Waals surface area contributed by atoms with Gasteiger partial charge < -0.3 is 20.1 Å². The Bertz CT molecular complexity index is 672. The number of pyridine rings is 1. The number of unbranched alkanes of at least 4 members (excludes halogenated alkanes) is 1. The van der Waals surface area contributed by atoms with E-state index in [-0.39, 0.29) is 6.03 Å². The molecule has 2 aromatic rings. The van der Waals surface area contributed by atoms with Crippen molar-refractivity contribution in [2.24, 2.45) is 0 Å². The molecule has 0 saturated heterocycles. The third-order valence-electron chi connectivity index (χ3n) is 3.34. The first-order chi connectivity index (χ1) is 11.6. The number of nitrogens with one attached hydrogen (secondary N) is 2. The van der Waals surface area contributed by atoms with Gasteiger partial charge in [-0.3, -0.25) is 0 Å². The van der Waals surface area contributed by atoms with Crippen molar-refractivity contribution in [3.63, 3.8) is 0 Å². The number of hydrogen-bond acceptors (Lipinski definition) is 4. The Morgan fingerprint density at radius 3 is 2.71 bits per heavy atom. The molecular formula is C18H23N3O3. The highest BCUT2D eigenvalue weighted by Gasteiger charge is 2.07. The van der Waals surface area contributed by atoms with E-state index in [9.17, 15) is 4.79 Å². The second kappa shape index (κ2) is 8.76. The summed E-state index contributed by atoms with van der Waals surface area (Å²) in [4.78, 5) is 15.9.